The Morgan fingerprint density at radius 2 is 1.89 bits per heavy atom. The predicted octanol–water partition coefficient (Wildman–Crippen LogP) is 3.54. The summed E-state index contributed by atoms with van der Waals surface area (Å²) >= 11 is 0. The van der Waals surface area contributed by atoms with Crippen LogP contribution in [0.3, 0.4) is 0 Å². The van der Waals surface area contributed by atoms with Crippen molar-refractivity contribution in [3.8, 4) is 0 Å². The van der Waals surface area contributed by atoms with Gasteiger partial charge in [-0.2, -0.15) is 15.1 Å². The average Bonchev–Trinajstić information content (AvgIpc) is 3.02. The van der Waals surface area contributed by atoms with Gasteiger partial charge in [0.05, 0.1) is 11.6 Å². The van der Waals surface area contributed by atoms with E-state index < -0.39 is 0 Å². The van der Waals surface area contributed by atoms with Crippen LogP contribution in [0.2, 0.25) is 0 Å². The van der Waals surface area contributed by atoms with Crippen molar-refractivity contribution in [3.63, 3.8) is 0 Å². The molecule has 0 amide bonds. The standard InChI is InChI=1S/C19H26N6O.ClH/c1-4-26-11-5-10-20-19-23-17(16-13-22-25(3)18(16)24-19)21-12-15-8-6-14(2)7-9-15;/h6-9,13H,4-5,10-12H2,1-3H3,(H2,20,21,23,24);1H. The van der Waals surface area contributed by atoms with E-state index in [-0.39, 0.29) is 12.4 Å². The number of rotatable bonds is 9. The number of hydrogen-bond donors (Lipinski definition) is 2. The van der Waals surface area contributed by atoms with Crippen molar-refractivity contribution in [2.75, 3.05) is 30.4 Å². The quantitative estimate of drug-likeness (QED) is 0.544. The third-order valence-corrected chi connectivity index (χ3v) is 4.13. The summed E-state index contributed by atoms with van der Waals surface area (Å²) in [4.78, 5) is 9.21. The van der Waals surface area contributed by atoms with E-state index in [4.69, 9.17) is 4.74 Å². The van der Waals surface area contributed by atoms with Crippen molar-refractivity contribution in [1.82, 2.24) is 19.7 Å². The molecule has 7 nitrogen and oxygen atoms in total. The molecule has 2 N–H and O–H groups in total. The molecule has 0 aliphatic rings. The van der Waals surface area contributed by atoms with Gasteiger partial charge in [0.1, 0.15) is 5.82 Å². The number of hydrogen-bond acceptors (Lipinski definition) is 6. The summed E-state index contributed by atoms with van der Waals surface area (Å²) in [5, 5.41) is 11.9. The van der Waals surface area contributed by atoms with Gasteiger partial charge >= 0.3 is 0 Å². The summed E-state index contributed by atoms with van der Waals surface area (Å²) < 4.78 is 7.12. The van der Waals surface area contributed by atoms with Crippen LogP contribution in [-0.2, 0) is 18.3 Å². The largest absolute Gasteiger partial charge is 0.382 e. The zero-order valence-electron chi connectivity index (χ0n) is 16.0. The number of aryl methyl sites for hydroxylation is 2. The number of nitrogens with one attached hydrogen (secondary N) is 2. The molecule has 0 atom stereocenters. The summed E-state index contributed by atoms with van der Waals surface area (Å²) in [5.41, 5.74) is 3.26. The summed E-state index contributed by atoms with van der Waals surface area (Å²) in [6.07, 6.45) is 2.71. The second-order valence-electron chi connectivity index (χ2n) is 6.22. The van der Waals surface area contributed by atoms with E-state index >= 15 is 0 Å². The number of aromatic nitrogens is 4. The molecule has 3 rings (SSSR count). The Bertz CT molecular complexity index is 849. The number of fused-ring (bicyclic) bond motifs is 1. The number of anilines is 2. The monoisotopic (exact) mass is 390 g/mol. The lowest BCUT2D eigenvalue weighted by Gasteiger charge is -2.10. The molecule has 0 bridgehead atoms. The predicted molar refractivity (Wildman–Crippen MR) is 112 cm³/mol. The first-order valence-corrected chi connectivity index (χ1v) is 8.98. The minimum absolute atomic E-state index is 0. The molecule has 0 saturated heterocycles. The van der Waals surface area contributed by atoms with Gasteiger partial charge in [-0.05, 0) is 25.8 Å². The van der Waals surface area contributed by atoms with Gasteiger partial charge in [-0.1, -0.05) is 29.8 Å². The van der Waals surface area contributed by atoms with Gasteiger partial charge < -0.3 is 15.4 Å². The van der Waals surface area contributed by atoms with Crippen LogP contribution in [0.4, 0.5) is 11.8 Å². The van der Waals surface area contributed by atoms with Crippen LogP contribution in [0.25, 0.3) is 11.0 Å². The molecular weight excluding hydrogens is 364 g/mol. The van der Waals surface area contributed by atoms with E-state index in [1.807, 2.05) is 14.0 Å². The Kier molecular flexibility index (Phi) is 7.82. The zero-order chi connectivity index (χ0) is 18.4. The molecule has 146 valence electrons. The molecule has 0 aliphatic carbocycles. The van der Waals surface area contributed by atoms with Crippen molar-refractivity contribution in [3.05, 3.63) is 41.6 Å². The Labute approximate surface area is 166 Å². The molecule has 3 aromatic rings. The van der Waals surface area contributed by atoms with E-state index in [2.05, 4.69) is 56.9 Å². The molecule has 2 heterocycles. The van der Waals surface area contributed by atoms with Crippen molar-refractivity contribution in [1.29, 1.82) is 0 Å². The molecule has 0 aliphatic heterocycles. The SMILES string of the molecule is CCOCCCNc1nc(NCc2ccc(C)cc2)c2cnn(C)c2n1.Cl. The van der Waals surface area contributed by atoms with Gasteiger partial charge in [0.2, 0.25) is 5.95 Å². The van der Waals surface area contributed by atoms with E-state index in [0.717, 1.165) is 43.0 Å². The topological polar surface area (TPSA) is 76.9 Å². The van der Waals surface area contributed by atoms with Crippen LogP contribution in [0, 0.1) is 6.92 Å². The number of nitrogens with zero attached hydrogens (tertiary/aromatic N) is 4. The first-order chi connectivity index (χ1) is 12.7. The maximum absolute atomic E-state index is 5.36. The first-order valence-electron chi connectivity index (χ1n) is 8.98. The third kappa shape index (κ3) is 5.55. The second kappa shape index (κ2) is 10.1. The van der Waals surface area contributed by atoms with Crippen molar-refractivity contribution in [2.45, 2.75) is 26.8 Å². The Balaban J connectivity index is 0.00000261. The molecule has 0 fully saturated rings. The lowest BCUT2D eigenvalue weighted by Crippen LogP contribution is -2.11. The highest BCUT2D eigenvalue weighted by molar-refractivity contribution is 5.87. The fourth-order valence-electron chi connectivity index (χ4n) is 2.65. The van der Waals surface area contributed by atoms with Gasteiger partial charge in [0, 0.05) is 33.4 Å². The average molecular weight is 391 g/mol. The van der Waals surface area contributed by atoms with Crippen LogP contribution < -0.4 is 10.6 Å². The van der Waals surface area contributed by atoms with Crippen LogP contribution >= 0.6 is 12.4 Å². The molecule has 0 radical (unpaired) electrons. The van der Waals surface area contributed by atoms with Crippen molar-refractivity contribution < 1.29 is 4.74 Å². The van der Waals surface area contributed by atoms with Gasteiger partial charge in [-0.3, -0.25) is 4.68 Å². The highest BCUT2D eigenvalue weighted by Crippen LogP contribution is 2.22. The smallest absolute Gasteiger partial charge is 0.226 e. The van der Waals surface area contributed by atoms with Gasteiger partial charge in [0.25, 0.3) is 0 Å². The Morgan fingerprint density at radius 3 is 2.63 bits per heavy atom. The molecule has 0 spiro atoms. The van der Waals surface area contributed by atoms with Gasteiger partial charge in [-0.25, -0.2) is 0 Å². The third-order valence-electron chi connectivity index (χ3n) is 4.13. The van der Waals surface area contributed by atoms with Crippen LogP contribution in [0.5, 0.6) is 0 Å². The maximum Gasteiger partial charge on any atom is 0.226 e. The number of ether oxygens (including phenoxy) is 1. The van der Waals surface area contributed by atoms with E-state index in [0.29, 0.717) is 12.5 Å². The van der Waals surface area contributed by atoms with E-state index in [1.165, 1.54) is 11.1 Å². The molecule has 1 aromatic carbocycles. The highest BCUT2D eigenvalue weighted by atomic mass is 35.5. The maximum atomic E-state index is 5.36. The molecular formula is C19H27ClN6O. The highest BCUT2D eigenvalue weighted by Gasteiger charge is 2.11. The zero-order valence-corrected chi connectivity index (χ0v) is 16.8. The van der Waals surface area contributed by atoms with Gasteiger partial charge in [-0.15, -0.1) is 12.4 Å². The Hall–Kier alpha value is -2.38. The van der Waals surface area contributed by atoms with Gasteiger partial charge in [0.15, 0.2) is 5.65 Å². The fraction of sp³-hybridized carbons (Fsp3) is 0.421. The normalized spacial score (nSPS) is 10.6. The lowest BCUT2D eigenvalue weighted by molar-refractivity contribution is 0.147. The molecule has 2 aromatic heterocycles. The molecule has 0 unspecified atom stereocenters. The lowest BCUT2D eigenvalue weighted by atomic mass is 10.1. The van der Waals surface area contributed by atoms with E-state index in [1.54, 1.807) is 10.9 Å². The molecule has 8 heteroatoms. The summed E-state index contributed by atoms with van der Waals surface area (Å²) in [5.74, 6) is 1.39. The summed E-state index contributed by atoms with van der Waals surface area (Å²) in [6, 6.07) is 8.47. The summed E-state index contributed by atoms with van der Waals surface area (Å²) in [6.45, 7) is 7.02. The summed E-state index contributed by atoms with van der Waals surface area (Å²) in [7, 11) is 1.89. The fourth-order valence-corrected chi connectivity index (χ4v) is 2.65. The Morgan fingerprint density at radius 1 is 1.11 bits per heavy atom. The minimum Gasteiger partial charge on any atom is -0.382 e. The number of benzene rings is 1. The van der Waals surface area contributed by atoms with Crippen molar-refractivity contribution >= 4 is 35.2 Å². The van der Waals surface area contributed by atoms with Crippen LogP contribution in [0.15, 0.2) is 30.5 Å². The van der Waals surface area contributed by atoms with Crippen molar-refractivity contribution in [2.24, 2.45) is 7.05 Å². The minimum atomic E-state index is 0. The molecule has 0 saturated carbocycles. The molecule has 27 heavy (non-hydrogen) atoms. The first kappa shape index (κ1) is 20.9. The van der Waals surface area contributed by atoms with Crippen LogP contribution in [0.1, 0.15) is 24.5 Å². The van der Waals surface area contributed by atoms with Crippen LogP contribution in [-0.4, -0.2) is 39.5 Å². The van der Waals surface area contributed by atoms with E-state index in [9.17, 15) is 0 Å². The second-order valence-corrected chi connectivity index (χ2v) is 6.22. The number of halogens is 1.